The Morgan fingerprint density at radius 1 is 1.19 bits per heavy atom. The van der Waals surface area contributed by atoms with E-state index >= 15 is 0 Å². The predicted molar refractivity (Wildman–Crippen MR) is 70.1 cm³/mol. The molecular formula is C15H24O. The highest BCUT2D eigenvalue weighted by atomic mass is 16.5. The van der Waals surface area contributed by atoms with E-state index in [9.17, 15) is 0 Å². The van der Waals surface area contributed by atoms with Crippen molar-refractivity contribution in [1.29, 1.82) is 0 Å². The Kier molecular flexibility index (Phi) is 4.85. The molecule has 0 saturated carbocycles. The van der Waals surface area contributed by atoms with Crippen molar-refractivity contribution in [3.8, 4) is 5.75 Å². The first kappa shape index (κ1) is 13.1. The fraction of sp³-hybridized carbons (Fsp3) is 0.600. The Morgan fingerprint density at radius 3 is 2.38 bits per heavy atom. The molecule has 0 aliphatic rings. The highest BCUT2D eigenvalue weighted by molar-refractivity contribution is 5.35. The molecule has 1 aromatic carbocycles. The zero-order valence-corrected chi connectivity index (χ0v) is 11.2. The van der Waals surface area contributed by atoms with E-state index in [-0.39, 0.29) is 0 Å². The molecule has 0 spiro atoms. The van der Waals surface area contributed by atoms with E-state index < -0.39 is 0 Å². The summed E-state index contributed by atoms with van der Waals surface area (Å²) in [4.78, 5) is 0. The second-order valence-corrected chi connectivity index (χ2v) is 5.02. The van der Waals surface area contributed by atoms with E-state index in [1.807, 2.05) is 0 Å². The van der Waals surface area contributed by atoms with Crippen molar-refractivity contribution in [2.24, 2.45) is 5.92 Å². The van der Waals surface area contributed by atoms with Gasteiger partial charge in [0.05, 0.1) is 6.10 Å². The quantitative estimate of drug-likeness (QED) is 0.716. The average molecular weight is 220 g/mol. The average Bonchev–Trinajstić information content (AvgIpc) is 2.21. The monoisotopic (exact) mass is 220 g/mol. The molecule has 0 aliphatic carbocycles. The molecular weight excluding hydrogens is 196 g/mol. The molecule has 1 nitrogen and oxygen atoms in total. The molecule has 16 heavy (non-hydrogen) atoms. The maximum atomic E-state index is 5.80. The summed E-state index contributed by atoms with van der Waals surface area (Å²) in [7, 11) is 0. The van der Waals surface area contributed by atoms with Crippen molar-refractivity contribution in [1.82, 2.24) is 0 Å². The van der Waals surface area contributed by atoms with Gasteiger partial charge in [-0.25, -0.2) is 0 Å². The third-order valence-corrected chi connectivity index (χ3v) is 2.85. The lowest BCUT2D eigenvalue weighted by Gasteiger charge is -2.15. The maximum absolute atomic E-state index is 5.80. The van der Waals surface area contributed by atoms with Crippen LogP contribution in [0.15, 0.2) is 18.2 Å². The second-order valence-electron chi connectivity index (χ2n) is 5.02. The molecule has 0 heterocycles. The summed E-state index contributed by atoms with van der Waals surface area (Å²) in [5.41, 5.74) is 2.78. The van der Waals surface area contributed by atoms with Crippen LogP contribution in [0, 0.1) is 12.8 Å². The van der Waals surface area contributed by atoms with Crippen molar-refractivity contribution in [3.63, 3.8) is 0 Å². The van der Waals surface area contributed by atoms with Gasteiger partial charge in [0.25, 0.3) is 0 Å². The van der Waals surface area contributed by atoms with Gasteiger partial charge in [-0.1, -0.05) is 26.8 Å². The third-order valence-electron chi connectivity index (χ3n) is 2.85. The number of aryl methyl sites for hydroxylation is 1. The predicted octanol–water partition coefficient (Wildman–Crippen LogP) is 4.37. The molecule has 1 atom stereocenters. The lowest BCUT2D eigenvalue weighted by molar-refractivity contribution is 0.217. The molecule has 0 aliphatic heterocycles. The third kappa shape index (κ3) is 3.88. The SMILES string of the molecule is CCC(C)Oc1ccc(CC(C)C)c(C)c1. The molecule has 0 radical (unpaired) electrons. The van der Waals surface area contributed by atoms with E-state index in [0.29, 0.717) is 12.0 Å². The summed E-state index contributed by atoms with van der Waals surface area (Å²) < 4.78 is 5.80. The Balaban J connectivity index is 2.74. The van der Waals surface area contributed by atoms with Gasteiger partial charge in [0.2, 0.25) is 0 Å². The minimum absolute atomic E-state index is 0.301. The lowest BCUT2D eigenvalue weighted by Crippen LogP contribution is -2.10. The molecule has 0 N–H and O–H groups in total. The normalized spacial score (nSPS) is 12.9. The number of rotatable bonds is 5. The van der Waals surface area contributed by atoms with Crippen LogP contribution >= 0.6 is 0 Å². The fourth-order valence-corrected chi connectivity index (χ4v) is 1.73. The molecule has 1 heteroatoms. The maximum Gasteiger partial charge on any atom is 0.119 e. The van der Waals surface area contributed by atoms with Gasteiger partial charge in [-0.05, 0) is 55.9 Å². The number of benzene rings is 1. The van der Waals surface area contributed by atoms with Gasteiger partial charge in [0.1, 0.15) is 5.75 Å². The van der Waals surface area contributed by atoms with Gasteiger partial charge < -0.3 is 4.74 Å². The fourth-order valence-electron chi connectivity index (χ4n) is 1.73. The molecule has 1 unspecified atom stereocenters. The highest BCUT2D eigenvalue weighted by Gasteiger charge is 2.05. The first-order valence-electron chi connectivity index (χ1n) is 6.29. The van der Waals surface area contributed by atoms with Gasteiger partial charge in [-0.3, -0.25) is 0 Å². The van der Waals surface area contributed by atoms with Crippen LogP contribution in [0.2, 0.25) is 0 Å². The Labute approximate surface area is 99.8 Å². The second kappa shape index (κ2) is 5.93. The van der Waals surface area contributed by atoms with Crippen molar-refractivity contribution in [3.05, 3.63) is 29.3 Å². The summed E-state index contributed by atoms with van der Waals surface area (Å²) in [6.45, 7) is 10.9. The minimum Gasteiger partial charge on any atom is -0.491 e. The van der Waals surface area contributed by atoms with Crippen LogP contribution in [-0.4, -0.2) is 6.10 Å². The summed E-state index contributed by atoms with van der Waals surface area (Å²) >= 11 is 0. The first-order valence-corrected chi connectivity index (χ1v) is 6.29. The highest BCUT2D eigenvalue weighted by Crippen LogP contribution is 2.21. The zero-order chi connectivity index (χ0) is 12.1. The minimum atomic E-state index is 0.301. The summed E-state index contributed by atoms with van der Waals surface area (Å²) in [6, 6.07) is 6.45. The Bertz CT molecular complexity index is 328. The lowest BCUT2D eigenvalue weighted by atomic mass is 9.99. The van der Waals surface area contributed by atoms with Crippen LogP contribution in [0.4, 0.5) is 0 Å². The summed E-state index contributed by atoms with van der Waals surface area (Å²) in [6.07, 6.45) is 2.50. The molecule has 0 aromatic heterocycles. The van der Waals surface area contributed by atoms with Crippen molar-refractivity contribution < 1.29 is 4.74 Å². The van der Waals surface area contributed by atoms with E-state index in [2.05, 4.69) is 52.8 Å². The smallest absolute Gasteiger partial charge is 0.119 e. The number of hydrogen-bond donors (Lipinski definition) is 0. The van der Waals surface area contributed by atoms with Gasteiger partial charge in [-0.15, -0.1) is 0 Å². The zero-order valence-electron chi connectivity index (χ0n) is 11.2. The number of ether oxygens (including phenoxy) is 1. The van der Waals surface area contributed by atoms with Gasteiger partial charge in [0, 0.05) is 0 Å². The van der Waals surface area contributed by atoms with E-state index in [1.54, 1.807) is 0 Å². The van der Waals surface area contributed by atoms with Crippen LogP contribution in [0.5, 0.6) is 5.75 Å². The van der Waals surface area contributed by atoms with E-state index in [0.717, 1.165) is 18.6 Å². The van der Waals surface area contributed by atoms with Crippen molar-refractivity contribution in [2.45, 2.75) is 53.6 Å². The Hall–Kier alpha value is -0.980. The topological polar surface area (TPSA) is 9.23 Å². The summed E-state index contributed by atoms with van der Waals surface area (Å²) in [5, 5.41) is 0. The van der Waals surface area contributed by atoms with Crippen molar-refractivity contribution in [2.75, 3.05) is 0 Å². The van der Waals surface area contributed by atoms with Gasteiger partial charge >= 0.3 is 0 Å². The molecule has 90 valence electrons. The molecule has 0 bridgehead atoms. The molecule has 0 saturated heterocycles. The van der Waals surface area contributed by atoms with Crippen LogP contribution in [0.25, 0.3) is 0 Å². The first-order chi connectivity index (χ1) is 7.52. The molecule has 0 amide bonds. The van der Waals surface area contributed by atoms with Crippen LogP contribution in [0.3, 0.4) is 0 Å². The largest absolute Gasteiger partial charge is 0.491 e. The van der Waals surface area contributed by atoms with Crippen LogP contribution in [-0.2, 0) is 6.42 Å². The molecule has 1 aromatic rings. The summed E-state index contributed by atoms with van der Waals surface area (Å²) in [5.74, 6) is 1.71. The van der Waals surface area contributed by atoms with Gasteiger partial charge in [0.15, 0.2) is 0 Å². The standard InChI is InChI=1S/C15H24O/c1-6-13(5)16-15-8-7-14(9-11(2)3)12(4)10-15/h7-8,10-11,13H,6,9H2,1-5H3. The van der Waals surface area contributed by atoms with Gasteiger partial charge in [-0.2, -0.15) is 0 Å². The molecule has 0 fully saturated rings. The van der Waals surface area contributed by atoms with Crippen LogP contribution < -0.4 is 4.74 Å². The molecule has 1 rings (SSSR count). The van der Waals surface area contributed by atoms with E-state index in [4.69, 9.17) is 4.74 Å². The van der Waals surface area contributed by atoms with Crippen molar-refractivity contribution >= 4 is 0 Å². The number of hydrogen-bond acceptors (Lipinski definition) is 1. The Morgan fingerprint density at radius 2 is 1.88 bits per heavy atom. The van der Waals surface area contributed by atoms with Crippen LogP contribution in [0.1, 0.15) is 45.2 Å². The van der Waals surface area contributed by atoms with E-state index in [1.165, 1.54) is 11.1 Å².